The Morgan fingerprint density at radius 1 is 1.50 bits per heavy atom. The molecule has 2 aliphatic heterocycles. The van der Waals surface area contributed by atoms with Crippen LogP contribution in [0.15, 0.2) is 30.3 Å². The number of nitriles is 1. The molecule has 1 amide bonds. The number of hydrogen-bond donors (Lipinski definition) is 1. The van der Waals surface area contributed by atoms with E-state index in [0.29, 0.717) is 12.2 Å². The van der Waals surface area contributed by atoms with E-state index < -0.39 is 4.45 Å². The summed E-state index contributed by atoms with van der Waals surface area (Å²) in [5.74, 6) is -0.119. The highest BCUT2D eigenvalue weighted by atomic mass is 79.9. The molecule has 0 saturated carbocycles. The van der Waals surface area contributed by atoms with Gasteiger partial charge in [-0.15, -0.1) is 0 Å². The molecule has 2 aliphatic rings. The normalized spacial score (nSPS) is 31.0. The first-order valence-corrected chi connectivity index (χ1v) is 9.26. The van der Waals surface area contributed by atoms with Gasteiger partial charge in [0.05, 0.1) is 12.1 Å². The van der Waals surface area contributed by atoms with Crippen LogP contribution in [0.4, 0.5) is 0 Å². The van der Waals surface area contributed by atoms with Crippen LogP contribution in [0, 0.1) is 11.5 Å². The number of nitrogens with zero attached hydrogens (tertiary/aromatic N) is 2. The Hall–Kier alpha value is -1.58. The van der Waals surface area contributed by atoms with Crippen molar-refractivity contribution in [1.29, 1.82) is 5.26 Å². The summed E-state index contributed by atoms with van der Waals surface area (Å²) >= 11 is 3.75. The van der Waals surface area contributed by atoms with Crippen molar-refractivity contribution < 1.29 is 9.53 Å². The molecule has 1 aromatic carbocycles. The summed E-state index contributed by atoms with van der Waals surface area (Å²) in [4.78, 5) is 14.3. The molecule has 0 aromatic heterocycles. The number of carbonyl (C=O) groups is 1. The van der Waals surface area contributed by atoms with E-state index >= 15 is 0 Å². The lowest BCUT2D eigenvalue weighted by Gasteiger charge is -2.34. The number of hydrogen-bond acceptors (Lipinski definition) is 4. The van der Waals surface area contributed by atoms with Gasteiger partial charge in [0, 0.05) is 12.2 Å². The van der Waals surface area contributed by atoms with Gasteiger partial charge < -0.3 is 10.1 Å². The Bertz CT molecular complexity index is 633. The van der Waals surface area contributed by atoms with E-state index in [1.807, 2.05) is 18.2 Å². The Balaban J connectivity index is 1.79. The average molecular weight is 392 g/mol. The molecule has 2 heterocycles. The van der Waals surface area contributed by atoms with Crippen molar-refractivity contribution >= 4 is 21.8 Å². The van der Waals surface area contributed by atoms with Crippen molar-refractivity contribution in [2.45, 2.75) is 55.2 Å². The van der Waals surface area contributed by atoms with Crippen molar-refractivity contribution in [2.24, 2.45) is 0 Å². The summed E-state index contributed by atoms with van der Waals surface area (Å²) in [7, 11) is 0. The van der Waals surface area contributed by atoms with Gasteiger partial charge in [-0.1, -0.05) is 47.5 Å². The smallest absolute Gasteiger partial charge is 0.251 e. The minimum Gasteiger partial charge on any atom is -0.373 e. The maximum Gasteiger partial charge on any atom is 0.251 e. The fourth-order valence-electron chi connectivity index (χ4n) is 3.71. The molecule has 0 aliphatic carbocycles. The lowest BCUT2D eigenvalue weighted by molar-refractivity contribution is 0.00495. The summed E-state index contributed by atoms with van der Waals surface area (Å²) in [5, 5.41) is 12.7. The highest BCUT2D eigenvalue weighted by molar-refractivity contribution is 9.10. The third-order valence-electron chi connectivity index (χ3n) is 4.94. The quantitative estimate of drug-likeness (QED) is 0.350. The zero-order chi connectivity index (χ0) is 17.2. The second-order valence-electron chi connectivity index (χ2n) is 6.40. The molecular weight excluding hydrogens is 370 g/mol. The van der Waals surface area contributed by atoms with Gasteiger partial charge in [0.1, 0.15) is 10.6 Å². The second-order valence-corrected chi connectivity index (χ2v) is 7.78. The first-order chi connectivity index (χ1) is 11.6. The lowest BCUT2D eigenvalue weighted by atomic mass is 9.92. The minimum absolute atomic E-state index is 0.0198. The summed E-state index contributed by atoms with van der Waals surface area (Å²) in [6.45, 7) is 2.75. The van der Waals surface area contributed by atoms with Gasteiger partial charge in [-0.3, -0.25) is 9.69 Å². The van der Waals surface area contributed by atoms with E-state index in [1.165, 1.54) is 0 Å². The molecule has 3 rings (SSSR count). The van der Waals surface area contributed by atoms with Crippen molar-refractivity contribution in [1.82, 2.24) is 10.2 Å². The standard InChI is InChI=1S/C18H22BrN3O2/c1-2-3-11-24-16-15(14-9-10-18(16,19)22(14)12-20)21-17(23)13-7-5-4-6-8-13/h4-8,14-16H,2-3,9-11H2,1H3,(H,21,23)/t14-,15-,16?,18-/m1/s1. The summed E-state index contributed by atoms with van der Waals surface area (Å²) in [5.41, 5.74) is 0.625. The number of alkyl halides is 1. The number of fused-ring (bicyclic) bond motifs is 2. The van der Waals surface area contributed by atoms with Crippen LogP contribution in [0.3, 0.4) is 0 Å². The topological polar surface area (TPSA) is 65.4 Å². The maximum absolute atomic E-state index is 12.6. The van der Waals surface area contributed by atoms with E-state index in [9.17, 15) is 10.1 Å². The molecule has 0 radical (unpaired) electrons. The number of halogens is 1. The first kappa shape index (κ1) is 17.2. The molecule has 0 spiro atoms. The summed E-state index contributed by atoms with van der Waals surface area (Å²) in [6, 6.07) is 8.95. The van der Waals surface area contributed by atoms with Crippen LogP contribution in [0.5, 0.6) is 0 Å². The lowest BCUT2D eigenvalue weighted by Crippen LogP contribution is -2.53. The minimum atomic E-state index is -0.505. The van der Waals surface area contributed by atoms with Crippen molar-refractivity contribution in [3.63, 3.8) is 0 Å². The van der Waals surface area contributed by atoms with E-state index in [0.717, 1.165) is 25.7 Å². The van der Waals surface area contributed by atoms with Crippen LogP contribution in [0.25, 0.3) is 0 Å². The molecule has 1 aromatic rings. The number of ether oxygens (including phenoxy) is 1. The number of carbonyl (C=O) groups excluding carboxylic acids is 1. The molecule has 128 valence electrons. The third kappa shape index (κ3) is 2.91. The number of benzene rings is 1. The molecule has 1 unspecified atom stereocenters. The maximum atomic E-state index is 12.6. The van der Waals surface area contributed by atoms with Crippen LogP contribution in [0.2, 0.25) is 0 Å². The number of rotatable bonds is 6. The summed E-state index contributed by atoms with van der Waals surface area (Å²) < 4.78 is 5.60. The zero-order valence-electron chi connectivity index (χ0n) is 13.7. The SMILES string of the molecule is CCCCOC1[C@H](NC(=O)c2ccccc2)[C@H]2CC[C@@]1(Br)N2C#N. The number of unbranched alkanes of at least 4 members (excludes halogenated alkanes) is 1. The molecule has 2 saturated heterocycles. The molecule has 2 bridgehead atoms. The van der Waals surface area contributed by atoms with E-state index in [2.05, 4.69) is 34.4 Å². The Morgan fingerprint density at radius 3 is 2.92 bits per heavy atom. The second kappa shape index (κ2) is 7.12. The van der Waals surface area contributed by atoms with Gasteiger partial charge >= 0.3 is 0 Å². The fourth-order valence-corrected chi connectivity index (χ4v) is 4.70. The van der Waals surface area contributed by atoms with E-state index in [1.54, 1.807) is 17.0 Å². The first-order valence-electron chi connectivity index (χ1n) is 8.47. The van der Waals surface area contributed by atoms with Crippen molar-refractivity contribution in [2.75, 3.05) is 6.61 Å². The Morgan fingerprint density at radius 2 is 2.25 bits per heavy atom. The predicted octanol–water partition coefficient (Wildman–Crippen LogP) is 3.02. The molecule has 5 nitrogen and oxygen atoms in total. The van der Waals surface area contributed by atoms with Crippen LogP contribution in [-0.4, -0.2) is 40.0 Å². The largest absolute Gasteiger partial charge is 0.373 e. The Kier molecular flexibility index (Phi) is 5.12. The Labute approximate surface area is 151 Å². The van der Waals surface area contributed by atoms with Gasteiger partial charge in [0.2, 0.25) is 0 Å². The fraction of sp³-hybridized carbons (Fsp3) is 0.556. The van der Waals surface area contributed by atoms with Gasteiger partial charge in [-0.25, -0.2) is 0 Å². The molecule has 6 heteroatoms. The molecular formula is C18H22BrN3O2. The molecule has 24 heavy (non-hydrogen) atoms. The van der Waals surface area contributed by atoms with E-state index in [4.69, 9.17) is 4.74 Å². The van der Waals surface area contributed by atoms with Crippen molar-refractivity contribution in [3.05, 3.63) is 35.9 Å². The highest BCUT2D eigenvalue weighted by Crippen LogP contribution is 2.51. The number of amides is 1. The highest BCUT2D eigenvalue weighted by Gasteiger charge is 2.63. The van der Waals surface area contributed by atoms with Gasteiger partial charge in [0.15, 0.2) is 6.19 Å². The third-order valence-corrected chi connectivity index (χ3v) is 6.17. The van der Waals surface area contributed by atoms with Crippen LogP contribution < -0.4 is 5.32 Å². The summed E-state index contributed by atoms with van der Waals surface area (Å²) in [6.07, 6.45) is 5.79. The van der Waals surface area contributed by atoms with Crippen LogP contribution in [0.1, 0.15) is 43.0 Å². The van der Waals surface area contributed by atoms with Crippen LogP contribution in [-0.2, 0) is 4.74 Å². The average Bonchev–Trinajstić information content (AvgIpc) is 3.04. The number of nitrogens with one attached hydrogen (secondary N) is 1. The van der Waals surface area contributed by atoms with Gasteiger partial charge in [-0.2, -0.15) is 5.26 Å². The van der Waals surface area contributed by atoms with Gasteiger partial charge in [0.25, 0.3) is 5.91 Å². The monoisotopic (exact) mass is 391 g/mol. The molecule has 1 N–H and O–H groups in total. The van der Waals surface area contributed by atoms with Crippen LogP contribution >= 0.6 is 15.9 Å². The zero-order valence-corrected chi connectivity index (χ0v) is 15.3. The molecule has 2 fully saturated rings. The van der Waals surface area contributed by atoms with Gasteiger partial charge in [-0.05, 0) is 31.4 Å². The van der Waals surface area contributed by atoms with E-state index in [-0.39, 0.29) is 24.1 Å². The van der Waals surface area contributed by atoms with Crippen molar-refractivity contribution in [3.8, 4) is 6.19 Å². The predicted molar refractivity (Wildman–Crippen MR) is 94.5 cm³/mol. The molecule has 4 atom stereocenters.